The van der Waals surface area contributed by atoms with Gasteiger partial charge in [0, 0.05) is 12.6 Å². The zero-order valence-corrected chi connectivity index (χ0v) is 16.1. The number of hydrogen-bond donors (Lipinski definition) is 1. The van der Waals surface area contributed by atoms with E-state index in [0.717, 1.165) is 12.1 Å². The zero-order valence-electron chi connectivity index (χ0n) is 15.2. The number of nitrogens with zero attached hydrogens (tertiary/aromatic N) is 1. The monoisotopic (exact) mass is 363 g/mol. The summed E-state index contributed by atoms with van der Waals surface area (Å²) >= 11 is 1.71. The molecule has 0 aliphatic rings. The minimum atomic E-state index is -0.504. The number of hydrogen-bond acceptors (Lipinski definition) is 3. The SMILES string of the molecule is CC(C(O)c1ccccc1)N(C)C/C=C(\c1ccccc1)c1ccsc1. The Hall–Kier alpha value is -2.20. The summed E-state index contributed by atoms with van der Waals surface area (Å²) in [5.74, 6) is 0. The Morgan fingerprint density at radius 2 is 1.65 bits per heavy atom. The van der Waals surface area contributed by atoms with Crippen LogP contribution in [0.3, 0.4) is 0 Å². The molecule has 2 nitrogen and oxygen atoms in total. The van der Waals surface area contributed by atoms with Crippen molar-refractivity contribution in [2.75, 3.05) is 13.6 Å². The third-order valence-corrected chi connectivity index (χ3v) is 5.48. The van der Waals surface area contributed by atoms with Crippen molar-refractivity contribution in [2.45, 2.75) is 19.1 Å². The van der Waals surface area contributed by atoms with Gasteiger partial charge in [0.05, 0.1) is 6.10 Å². The van der Waals surface area contributed by atoms with Gasteiger partial charge >= 0.3 is 0 Å². The molecule has 0 saturated carbocycles. The Balaban J connectivity index is 1.77. The smallest absolute Gasteiger partial charge is 0.0942 e. The maximum absolute atomic E-state index is 10.7. The summed E-state index contributed by atoms with van der Waals surface area (Å²) in [7, 11) is 2.06. The summed E-state index contributed by atoms with van der Waals surface area (Å²) in [6.07, 6.45) is 1.75. The highest BCUT2D eigenvalue weighted by Crippen LogP contribution is 2.26. The van der Waals surface area contributed by atoms with E-state index in [9.17, 15) is 5.11 Å². The second kappa shape index (κ2) is 8.95. The molecule has 0 saturated heterocycles. The summed E-state index contributed by atoms with van der Waals surface area (Å²) in [5, 5.41) is 15.0. The molecule has 3 heteroatoms. The molecule has 3 aromatic rings. The van der Waals surface area contributed by atoms with Crippen LogP contribution in [0.15, 0.2) is 83.6 Å². The van der Waals surface area contributed by atoms with Crippen LogP contribution in [0.5, 0.6) is 0 Å². The summed E-state index contributed by atoms with van der Waals surface area (Å²) in [6.45, 7) is 2.84. The Morgan fingerprint density at radius 1 is 1.00 bits per heavy atom. The maximum Gasteiger partial charge on any atom is 0.0942 e. The van der Waals surface area contributed by atoms with Gasteiger partial charge in [-0.05, 0) is 53.1 Å². The predicted molar refractivity (Wildman–Crippen MR) is 111 cm³/mol. The highest BCUT2D eigenvalue weighted by atomic mass is 32.1. The summed E-state index contributed by atoms with van der Waals surface area (Å²) < 4.78 is 0. The van der Waals surface area contributed by atoms with Crippen LogP contribution in [-0.4, -0.2) is 29.6 Å². The molecule has 2 aromatic carbocycles. The van der Waals surface area contributed by atoms with Gasteiger partial charge in [0.2, 0.25) is 0 Å². The summed E-state index contributed by atoms with van der Waals surface area (Å²) in [4.78, 5) is 2.19. The standard InChI is InChI=1S/C23H25NOS/c1-18(23(25)20-11-7-4-8-12-20)24(2)15-13-22(21-14-16-26-17-21)19-9-5-3-6-10-19/h3-14,16-18,23,25H,15H2,1-2H3/b22-13+. The maximum atomic E-state index is 10.7. The van der Waals surface area contributed by atoms with Gasteiger partial charge in [0.15, 0.2) is 0 Å². The largest absolute Gasteiger partial charge is 0.387 e. The molecule has 0 aliphatic carbocycles. The molecule has 3 rings (SSSR count). The van der Waals surface area contributed by atoms with Gasteiger partial charge in [-0.2, -0.15) is 11.3 Å². The van der Waals surface area contributed by atoms with Crippen LogP contribution < -0.4 is 0 Å². The highest BCUT2D eigenvalue weighted by molar-refractivity contribution is 7.08. The number of thiophene rings is 1. The lowest BCUT2D eigenvalue weighted by Crippen LogP contribution is -2.34. The van der Waals surface area contributed by atoms with Crippen molar-refractivity contribution in [1.29, 1.82) is 0 Å². The minimum absolute atomic E-state index is 0.0214. The van der Waals surface area contributed by atoms with E-state index in [4.69, 9.17) is 0 Å². The van der Waals surface area contributed by atoms with Crippen LogP contribution in [0.2, 0.25) is 0 Å². The van der Waals surface area contributed by atoms with Gasteiger partial charge in [-0.15, -0.1) is 0 Å². The van der Waals surface area contributed by atoms with Crippen molar-refractivity contribution in [1.82, 2.24) is 4.90 Å². The quantitative estimate of drug-likeness (QED) is 0.621. The molecule has 0 aliphatic heterocycles. The van der Waals surface area contributed by atoms with E-state index in [1.54, 1.807) is 11.3 Å². The summed E-state index contributed by atoms with van der Waals surface area (Å²) in [5.41, 5.74) is 4.65. The van der Waals surface area contributed by atoms with E-state index in [-0.39, 0.29) is 6.04 Å². The van der Waals surface area contributed by atoms with Crippen molar-refractivity contribution in [3.8, 4) is 0 Å². The lowest BCUT2D eigenvalue weighted by atomic mass is 9.99. The molecule has 2 atom stereocenters. The minimum Gasteiger partial charge on any atom is -0.387 e. The first kappa shape index (κ1) is 18.6. The van der Waals surface area contributed by atoms with E-state index in [1.165, 1.54) is 16.7 Å². The first-order chi connectivity index (χ1) is 12.7. The van der Waals surface area contributed by atoms with Gasteiger partial charge in [0.1, 0.15) is 0 Å². The average Bonchev–Trinajstić information content (AvgIpc) is 3.23. The zero-order chi connectivity index (χ0) is 18.4. The van der Waals surface area contributed by atoms with E-state index in [1.807, 2.05) is 36.4 Å². The normalized spacial score (nSPS) is 14.4. The number of aliphatic hydroxyl groups excluding tert-OH is 1. The molecule has 2 unspecified atom stereocenters. The average molecular weight is 364 g/mol. The Bertz CT molecular complexity index is 812. The molecular weight excluding hydrogens is 338 g/mol. The summed E-state index contributed by atoms with van der Waals surface area (Å²) in [6, 6.07) is 22.5. The van der Waals surface area contributed by atoms with E-state index in [0.29, 0.717) is 0 Å². The molecule has 0 spiro atoms. The van der Waals surface area contributed by atoms with Crippen LogP contribution in [0.4, 0.5) is 0 Å². The fourth-order valence-corrected chi connectivity index (χ4v) is 3.67. The fraction of sp³-hybridized carbons (Fsp3) is 0.217. The number of benzene rings is 2. The first-order valence-corrected chi connectivity index (χ1v) is 9.82. The molecule has 1 aromatic heterocycles. The molecule has 0 fully saturated rings. The van der Waals surface area contributed by atoms with E-state index in [2.05, 4.69) is 66.0 Å². The second-order valence-corrected chi connectivity index (χ2v) is 7.31. The fourth-order valence-electron chi connectivity index (χ4n) is 3.01. The topological polar surface area (TPSA) is 23.5 Å². The van der Waals surface area contributed by atoms with Crippen LogP contribution in [0, 0.1) is 0 Å². The van der Waals surface area contributed by atoms with Crippen molar-refractivity contribution in [2.24, 2.45) is 0 Å². The number of rotatable bonds is 7. The molecule has 0 radical (unpaired) electrons. The second-order valence-electron chi connectivity index (χ2n) is 6.53. The van der Waals surface area contributed by atoms with Gasteiger partial charge in [-0.1, -0.05) is 66.7 Å². The van der Waals surface area contributed by atoms with E-state index >= 15 is 0 Å². The molecule has 1 N–H and O–H groups in total. The lowest BCUT2D eigenvalue weighted by molar-refractivity contribution is 0.0787. The number of aliphatic hydroxyl groups is 1. The molecular formula is C23H25NOS. The molecule has 134 valence electrons. The van der Waals surface area contributed by atoms with Crippen LogP contribution >= 0.6 is 11.3 Å². The molecule has 0 amide bonds. The van der Waals surface area contributed by atoms with Crippen LogP contribution in [0.25, 0.3) is 5.57 Å². The van der Waals surface area contributed by atoms with Crippen molar-refractivity contribution in [3.63, 3.8) is 0 Å². The Morgan fingerprint density at radius 3 is 2.27 bits per heavy atom. The van der Waals surface area contributed by atoms with Gasteiger partial charge in [-0.25, -0.2) is 0 Å². The van der Waals surface area contributed by atoms with Crippen LogP contribution in [-0.2, 0) is 0 Å². The highest BCUT2D eigenvalue weighted by Gasteiger charge is 2.19. The molecule has 1 heterocycles. The third-order valence-electron chi connectivity index (χ3n) is 4.79. The number of likely N-dealkylation sites (N-methyl/N-ethyl adjacent to an activating group) is 1. The Labute approximate surface area is 160 Å². The van der Waals surface area contributed by atoms with E-state index < -0.39 is 6.10 Å². The first-order valence-electron chi connectivity index (χ1n) is 8.88. The van der Waals surface area contributed by atoms with Gasteiger partial charge < -0.3 is 5.11 Å². The van der Waals surface area contributed by atoms with Crippen molar-refractivity contribution in [3.05, 3.63) is 100 Å². The van der Waals surface area contributed by atoms with Gasteiger partial charge in [-0.3, -0.25) is 4.90 Å². The molecule has 0 bridgehead atoms. The van der Waals surface area contributed by atoms with Gasteiger partial charge in [0.25, 0.3) is 0 Å². The third kappa shape index (κ3) is 4.50. The van der Waals surface area contributed by atoms with Crippen molar-refractivity contribution >= 4 is 16.9 Å². The lowest BCUT2D eigenvalue weighted by Gasteiger charge is -2.28. The Kier molecular flexibility index (Phi) is 6.40. The predicted octanol–water partition coefficient (Wildman–Crippen LogP) is 5.23. The van der Waals surface area contributed by atoms with Crippen LogP contribution in [0.1, 0.15) is 29.7 Å². The molecule has 26 heavy (non-hydrogen) atoms. The van der Waals surface area contributed by atoms with Crippen molar-refractivity contribution < 1.29 is 5.11 Å².